The summed E-state index contributed by atoms with van der Waals surface area (Å²) in [6.07, 6.45) is 6.95. The van der Waals surface area contributed by atoms with Crippen molar-refractivity contribution < 1.29 is 0 Å². The standard InChI is InChI=1S/C13H27NS/c1-4-6-9-15-13-10-11(3)7-8-12(13)14-5-2/h11-14H,4-10H2,1-3H3. The van der Waals surface area contributed by atoms with Crippen LogP contribution in [0.1, 0.15) is 52.9 Å². The molecule has 1 saturated carbocycles. The van der Waals surface area contributed by atoms with Gasteiger partial charge >= 0.3 is 0 Å². The summed E-state index contributed by atoms with van der Waals surface area (Å²) in [6, 6.07) is 0.785. The van der Waals surface area contributed by atoms with E-state index in [1.54, 1.807) is 0 Å². The van der Waals surface area contributed by atoms with Gasteiger partial charge in [0, 0.05) is 11.3 Å². The van der Waals surface area contributed by atoms with Crippen LogP contribution >= 0.6 is 11.8 Å². The van der Waals surface area contributed by atoms with E-state index in [0.29, 0.717) is 0 Å². The predicted molar refractivity (Wildman–Crippen MR) is 71.6 cm³/mol. The summed E-state index contributed by atoms with van der Waals surface area (Å²) in [5.74, 6) is 2.30. The first-order valence-corrected chi connectivity index (χ1v) is 7.67. The van der Waals surface area contributed by atoms with E-state index in [4.69, 9.17) is 0 Å². The van der Waals surface area contributed by atoms with Crippen molar-refractivity contribution in [3.63, 3.8) is 0 Å². The van der Waals surface area contributed by atoms with Crippen molar-refractivity contribution in [2.24, 2.45) is 5.92 Å². The molecule has 3 atom stereocenters. The first-order chi connectivity index (χ1) is 7.27. The summed E-state index contributed by atoms with van der Waals surface area (Å²) >= 11 is 2.21. The highest BCUT2D eigenvalue weighted by atomic mass is 32.2. The minimum atomic E-state index is 0.785. The van der Waals surface area contributed by atoms with Crippen LogP contribution < -0.4 is 5.32 Å². The van der Waals surface area contributed by atoms with Crippen LogP contribution in [0, 0.1) is 5.92 Å². The van der Waals surface area contributed by atoms with Crippen LogP contribution in [0.5, 0.6) is 0 Å². The molecule has 1 fully saturated rings. The van der Waals surface area contributed by atoms with E-state index in [9.17, 15) is 0 Å². The second-order valence-corrected chi connectivity index (χ2v) is 6.19. The second kappa shape index (κ2) is 7.56. The van der Waals surface area contributed by atoms with Crippen LogP contribution in [0.3, 0.4) is 0 Å². The molecule has 1 aliphatic rings. The average molecular weight is 229 g/mol. The molecule has 0 aromatic rings. The molecular formula is C13H27NS. The van der Waals surface area contributed by atoms with Crippen LogP contribution in [0.15, 0.2) is 0 Å². The number of nitrogens with one attached hydrogen (secondary N) is 1. The van der Waals surface area contributed by atoms with Gasteiger partial charge in [-0.2, -0.15) is 11.8 Å². The van der Waals surface area contributed by atoms with Crippen molar-refractivity contribution in [1.29, 1.82) is 0 Å². The van der Waals surface area contributed by atoms with Gasteiger partial charge in [-0.05, 0) is 43.9 Å². The molecule has 2 heteroatoms. The molecule has 0 aromatic carbocycles. The van der Waals surface area contributed by atoms with Crippen molar-refractivity contribution in [1.82, 2.24) is 5.32 Å². The maximum atomic E-state index is 3.66. The summed E-state index contributed by atoms with van der Waals surface area (Å²) < 4.78 is 0. The Morgan fingerprint density at radius 1 is 1.27 bits per heavy atom. The Morgan fingerprint density at radius 3 is 2.73 bits per heavy atom. The monoisotopic (exact) mass is 229 g/mol. The van der Waals surface area contributed by atoms with Crippen LogP contribution in [0.25, 0.3) is 0 Å². The van der Waals surface area contributed by atoms with E-state index >= 15 is 0 Å². The molecule has 0 amide bonds. The maximum absolute atomic E-state index is 3.66. The Morgan fingerprint density at radius 2 is 2.07 bits per heavy atom. The molecule has 0 radical (unpaired) electrons. The van der Waals surface area contributed by atoms with E-state index in [0.717, 1.165) is 23.8 Å². The molecule has 90 valence electrons. The molecule has 3 unspecified atom stereocenters. The maximum Gasteiger partial charge on any atom is 0.0203 e. The SMILES string of the molecule is CCCCSC1CC(C)CCC1NCC. The Balaban J connectivity index is 2.32. The van der Waals surface area contributed by atoms with Gasteiger partial charge < -0.3 is 5.32 Å². The number of hydrogen-bond donors (Lipinski definition) is 1. The summed E-state index contributed by atoms with van der Waals surface area (Å²) in [6.45, 7) is 8.05. The first-order valence-electron chi connectivity index (χ1n) is 6.62. The third-order valence-electron chi connectivity index (χ3n) is 3.35. The fraction of sp³-hybridized carbons (Fsp3) is 1.00. The number of thioether (sulfide) groups is 1. The molecule has 0 aromatic heterocycles. The zero-order valence-corrected chi connectivity index (χ0v) is 11.4. The van der Waals surface area contributed by atoms with E-state index in [2.05, 4.69) is 37.8 Å². The van der Waals surface area contributed by atoms with Gasteiger partial charge in [-0.15, -0.1) is 0 Å². The molecule has 1 aliphatic carbocycles. The molecule has 0 spiro atoms. The average Bonchev–Trinajstić information content (AvgIpc) is 2.22. The summed E-state index contributed by atoms with van der Waals surface area (Å²) in [5, 5.41) is 4.54. The van der Waals surface area contributed by atoms with Crippen molar-refractivity contribution in [2.45, 2.75) is 64.2 Å². The van der Waals surface area contributed by atoms with E-state index < -0.39 is 0 Å². The van der Waals surface area contributed by atoms with Crippen molar-refractivity contribution in [3.8, 4) is 0 Å². The highest BCUT2D eigenvalue weighted by Crippen LogP contribution is 2.32. The Bertz CT molecular complexity index is 161. The molecule has 0 heterocycles. The lowest BCUT2D eigenvalue weighted by atomic mass is 9.87. The topological polar surface area (TPSA) is 12.0 Å². The third kappa shape index (κ3) is 4.78. The number of hydrogen-bond acceptors (Lipinski definition) is 2. The normalized spacial score (nSPS) is 31.8. The molecule has 0 aliphatic heterocycles. The van der Waals surface area contributed by atoms with E-state index in [-0.39, 0.29) is 0 Å². The summed E-state index contributed by atoms with van der Waals surface area (Å²) in [7, 11) is 0. The van der Waals surface area contributed by atoms with Crippen molar-refractivity contribution >= 4 is 11.8 Å². The fourth-order valence-electron chi connectivity index (χ4n) is 2.39. The van der Waals surface area contributed by atoms with Crippen molar-refractivity contribution in [2.75, 3.05) is 12.3 Å². The Kier molecular flexibility index (Phi) is 6.74. The van der Waals surface area contributed by atoms with Gasteiger partial charge in [-0.3, -0.25) is 0 Å². The third-order valence-corrected chi connectivity index (χ3v) is 4.82. The van der Waals surface area contributed by atoms with Crippen LogP contribution in [-0.2, 0) is 0 Å². The Hall–Kier alpha value is 0.310. The number of unbranched alkanes of at least 4 members (excludes halogenated alkanes) is 1. The molecule has 1 rings (SSSR count). The van der Waals surface area contributed by atoms with Gasteiger partial charge in [0.15, 0.2) is 0 Å². The predicted octanol–water partition coefficient (Wildman–Crippen LogP) is 3.69. The van der Waals surface area contributed by atoms with Crippen LogP contribution in [0.2, 0.25) is 0 Å². The molecule has 0 saturated heterocycles. The molecule has 0 bridgehead atoms. The highest BCUT2D eigenvalue weighted by Gasteiger charge is 2.27. The molecule has 1 nitrogen and oxygen atoms in total. The largest absolute Gasteiger partial charge is 0.313 e. The lowest BCUT2D eigenvalue weighted by molar-refractivity contribution is 0.320. The van der Waals surface area contributed by atoms with Gasteiger partial charge in [0.05, 0.1) is 0 Å². The smallest absolute Gasteiger partial charge is 0.0203 e. The minimum absolute atomic E-state index is 0.785. The van der Waals surface area contributed by atoms with Gasteiger partial charge in [0.1, 0.15) is 0 Å². The van der Waals surface area contributed by atoms with Gasteiger partial charge in [-0.1, -0.05) is 27.2 Å². The fourth-order valence-corrected chi connectivity index (χ4v) is 4.07. The second-order valence-electron chi connectivity index (χ2n) is 4.85. The van der Waals surface area contributed by atoms with E-state index in [1.165, 1.54) is 37.9 Å². The highest BCUT2D eigenvalue weighted by molar-refractivity contribution is 7.99. The lowest BCUT2D eigenvalue weighted by Gasteiger charge is -2.35. The van der Waals surface area contributed by atoms with Crippen LogP contribution in [-0.4, -0.2) is 23.6 Å². The Labute approximate surface area is 99.8 Å². The summed E-state index contributed by atoms with van der Waals surface area (Å²) in [5.41, 5.74) is 0. The number of rotatable bonds is 6. The quantitative estimate of drug-likeness (QED) is 0.697. The van der Waals surface area contributed by atoms with Gasteiger partial charge in [0.25, 0.3) is 0 Å². The summed E-state index contributed by atoms with van der Waals surface area (Å²) in [4.78, 5) is 0. The van der Waals surface area contributed by atoms with Crippen LogP contribution in [0.4, 0.5) is 0 Å². The molecule has 15 heavy (non-hydrogen) atoms. The first kappa shape index (κ1) is 13.4. The molecule has 1 N–H and O–H groups in total. The zero-order valence-electron chi connectivity index (χ0n) is 10.6. The van der Waals surface area contributed by atoms with E-state index in [1.807, 2.05) is 0 Å². The zero-order chi connectivity index (χ0) is 11.1. The minimum Gasteiger partial charge on any atom is -0.313 e. The van der Waals surface area contributed by atoms with Gasteiger partial charge in [-0.25, -0.2) is 0 Å². The lowest BCUT2D eigenvalue weighted by Crippen LogP contribution is -2.42. The molecular weight excluding hydrogens is 202 g/mol. The van der Waals surface area contributed by atoms with Crippen molar-refractivity contribution in [3.05, 3.63) is 0 Å². The van der Waals surface area contributed by atoms with Gasteiger partial charge in [0.2, 0.25) is 0 Å².